The van der Waals surface area contributed by atoms with Gasteiger partial charge >= 0.3 is 0 Å². The van der Waals surface area contributed by atoms with Gasteiger partial charge in [0.2, 0.25) is 0 Å². The van der Waals surface area contributed by atoms with Gasteiger partial charge in [0.25, 0.3) is 6.85 Å². The first-order chi connectivity index (χ1) is 17.1. The van der Waals surface area contributed by atoms with E-state index in [-0.39, 0.29) is 5.92 Å². The van der Waals surface area contributed by atoms with E-state index in [9.17, 15) is 5.11 Å². The minimum absolute atomic E-state index is 0.0796. The fourth-order valence-electron chi connectivity index (χ4n) is 5.24. The standard InChI is InChI=1S/C31H39BN2O/c1-4-6-21-32(22-7-5-2)34-28(19-20-29(34)31(35)26-17-15-24(3)16-18-26)30(27-14-11-23-33-27)25-12-9-8-10-13-25/h8-20,23,30-31,33,35H,4-7,21-22H2,1-3H3. The Hall–Kier alpha value is -2.98. The summed E-state index contributed by atoms with van der Waals surface area (Å²) in [6.07, 6.45) is 8.31. The van der Waals surface area contributed by atoms with Gasteiger partial charge < -0.3 is 14.6 Å². The number of hydrogen-bond donors (Lipinski definition) is 2. The summed E-state index contributed by atoms with van der Waals surface area (Å²) in [4.78, 5) is 3.49. The predicted octanol–water partition coefficient (Wildman–Crippen LogP) is 7.83. The third-order valence-electron chi connectivity index (χ3n) is 7.16. The van der Waals surface area contributed by atoms with Gasteiger partial charge in [0.1, 0.15) is 6.10 Å². The summed E-state index contributed by atoms with van der Waals surface area (Å²) in [5.41, 5.74) is 6.83. The van der Waals surface area contributed by atoms with E-state index < -0.39 is 6.10 Å². The Morgan fingerprint density at radius 3 is 2.03 bits per heavy atom. The van der Waals surface area contributed by atoms with Crippen molar-refractivity contribution < 1.29 is 5.11 Å². The van der Waals surface area contributed by atoms with Gasteiger partial charge in [0.05, 0.1) is 5.92 Å². The van der Waals surface area contributed by atoms with E-state index in [4.69, 9.17) is 0 Å². The smallest absolute Gasteiger partial charge is 0.259 e. The molecule has 0 radical (unpaired) electrons. The number of benzene rings is 2. The molecule has 3 nitrogen and oxygen atoms in total. The van der Waals surface area contributed by atoms with Crippen molar-refractivity contribution in [3.63, 3.8) is 0 Å². The van der Waals surface area contributed by atoms with Crippen LogP contribution in [0, 0.1) is 6.92 Å². The number of nitrogens with zero attached hydrogens (tertiary/aromatic N) is 1. The van der Waals surface area contributed by atoms with Gasteiger partial charge in [-0.3, -0.25) is 0 Å². The number of rotatable bonds is 12. The van der Waals surface area contributed by atoms with Crippen LogP contribution in [0.4, 0.5) is 0 Å². The molecule has 0 aliphatic carbocycles. The Bertz CT molecular complexity index is 1140. The van der Waals surface area contributed by atoms with Crippen molar-refractivity contribution in [1.82, 2.24) is 9.46 Å². The lowest BCUT2D eigenvalue weighted by Crippen LogP contribution is -2.30. The maximum atomic E-state index is 11.6. The topological polar surface area (TPSA) is 41.0 Å². The second-order valence-electron chi connectivity index (χ2n) is 9.77. The SMILES string of the molecule is CCCCB(CCCC)n1c(C(O)c2ccc(C)cc2)ccc1C(c1ccccc1)c1ccc[nH]1. The van der Waals surface area contributed by atoms with Crippen molar-refractivity contribution >= 4 is 6.85 Å². The van der Waals surface area contributed by atoms with Crippen LogP contribution in [-0.2, 0) is 0 Å². The summed E-state index contributed by atoms with van der Waals surface area (Å²) < 4.78 is 2.49. The van der Waals surface area contributed by atoms with E-state index in [1.165, 1.54) is 48.2 Å². The molecule has 4 heteroatoms. The van der Waals surface area contributed by atoms with Crippen LogP contribution in [0.5, 0.6) is 0 Å². The molecule has 2 N–H and O–H groups in total. The molecule has 2 unspecified atom stereocenters. The van der Waals surface area contributed by atoms with Crippen LogP contribution in [-0.4, -0.2) is 21.4 Å². The Labute approximate surface area is 211 Å². The van der Waals surface area contributed by atoms with Crippen molar-refractivity contribution in [3.05, 3.63) is 119 Å². The predicted molar refractivity (Wildman–Crippen MR) is 148 cm³/mol. The van der Waals surface area contributed by atoms with E-state index in [1.54, 1.807) is 0 Å². The van der Waals surface area contributed by atoms with Crippen LogP contribution >= 0.6 is 0 Å². The normalized spacial score (nSPS) is 13.0. The summed E-state index contributed by atoms with van der Waals surface area (Å²) in [6.45, 7) is 6.97. The molecule has 0 aliphatic rings. The van der Waals surface area contributed by atoms with Gasteiger partial charge in [-0.1, -0.05) is 112 Å². The third-order valence-corrected chi connectivity index (χ3v) is 7.16. The highest BCUT2D eigenvalue weighted by atomic mass is 16.3. The van der Waals surface area contributed by atoms with Crippen molar-refractivity contribution in [3.8, 4) is 0 Å². The average molecular weight is 466 g/mol. The highest BCUT2D eigenvalue weighted by molar-refractivity contribution is 6.57. The van der Waals surface area contributed by atoms with Gasteiger partial charge in [-0.15, -0.1) is 0 Å². The molecule has 35 heavy (non-hydrogen) atoms. The largest absolute Gasteiger partial charge is 0.390 e. The fraction of sp³-hybridized carbons (Fsp3) is 0.355. The van der Waals surface area contributed by atoms with Gasteiger partial charge in [0, 0.05) is 23.3 Å². The first-order valence-electron chi connectivity index (χ1n) is 13.3. The molecule has 182 valence electrons. The lowest BCUT2D eigenvalue weighted by Gasteiger charge is -2.28. The van der Waals surface area contributed by atoms with Crippen molar-refractivity contribution in [2.24, 2.45) is 0 Å². The zero-order chi connectivity index (χ0) is 24.6. The van der Waals surface area contributed by atoms with Gasteiger partial charge in [-0.25, -0.2) is 0 Å². The molecule has 2 aromatic carbocycles. The molecule has 4 rings (SSSR count). The Kier molecular flexibility index (Phi) is 8.71. The molecule has 4 aromatic rings. The molecule has 0 saturated heterocycles. The molecular weight excluding hydrogens is 427 g/mol. The van der Waals surface area contributed by atoms with Gasteiger partial charge in [-0.05, 0) is 42.3 Å². The van der Waals surface area contributed by atoms with Crippen LogP contribution in [0.15, 0.2) is 85.1 Å². The van der Waals surface area contributed by atoms with Crippen molar-refractivity contribution in [1.29, 1.82) is 0 Å². The Balaban J connectivity index is 1.88. The Morgan fingerprint density at radius 2 is 1.43 bits per heavy atom. The second-order valence-corrected chi connectivity index (χ2v) is 9.77. The third kappa shape index (κ3) is 5.82. The number of aliphatic hydroxyl groups is 1. The van der Waals surface area contributed by atoms with E-state index >= 15 is 0 Å². The number of aliphatic hydroxyl groups excluding tert-OH is 1. The van der Waals surface area contributed by atoms with Crippen LogP contribution in [0.3, 0.4) is 0 Å². The molecule has 2 heterocycles. The maximum Gasteiger partial charge on any atom is 0.259 e. The summed E-state index contributed by atoms with van der Waals surface area (Å²) in [5, 5.41) is 11.6. The zero-order valence-corrected chi connectivity index (χ0v) is 21.5. The fourth-order valence-corrected chi connectivity index (χ4v) is 5.24. The summed E-state index contributed by atoms with van der Waals surface area (Å²) in [7, 11) is 0. The minimum Gasteiger partial charge on any atom is -0.390 e. The number of aromatic nitrogens is 2. The molecule has 0 saturated carbocycles. The molecule has 0 aliphatic heterocycles. The molecule has 0 bridgehead atoms. The van der Waals surface area contributed by atoms with Crippen LogP contribution in [0.1, 0.15) is 85.3 Å². The maximum absolute atomic E-state index is 11.6. The number of H-pyrrole nitrogens is 1. The van der Waals surface area contributed by atoms with E-state index in [2.05, 4.69) is 109 Å². The average Bonchev–Trinajstić information content (AvgIpc) is 3.56. The lowest BCUT2D eigenvalue weighted by molar-refractivity contribution is 0.214. The van der Waals surface area contributed by atoms with Gasteiger partial charge in [0.15, 0.2) is 0 Å². The van der Waals surface area contributed by atoms with Crippen molar-refractivity contribution in [2.75, 3.05) is 0 Å². The quantitative estimate of drug-likeness (QED) is 0.205. The van der Waals surface area contributed by atoms with Gasteiger partial charge in [-0.2, -0.15) is 0 Å². The minimum atomic E-state index is -0.657. The number of aryl methyl sites for hydroxylation is 1. The molecular formula is C31H39BN2O. The second kappa shape index (κ2) is 12.1. The zero-order valence-electron chi connectivity index (χ0n) is 21.5. The van der Waals surface area contributed by atoms with Crippen molar-refractivity contribution in [2.45, 2.75) is 71.1 Å². The van der Waals surface area contributed by atoms with Crippen LogP contribution in [0.25, 0.3) is 0 Å². The van der Waals surface area contributed by atoms with E-state index in [1.807, 2.05) is 6.20 Å². The summed E-state index contributed by atoms with van der Waals surface area (Å²) in [6, 6.07) is 27.7. The Morgan fingerprint density at radius 1 is 0.771 bits per heavy atom. The van der Waals surface area contributed by atoms with E-state index in [0.717, 1.165) is 23.9 Å². The molecule has 0 fully saturated rings. The van der Waals surface area contributed by atoms with Crippen LogP contribution < -0.4 is 0 Å². The molecule has 2 aromatic heterocycles. The summed E-state index contributed by atoms with van der Waals surface area (Å²) in [5.74, 6) is 0.0796. The summed E-state index contributed by atoms with van der Waals surface area (Å²) >= 11 is 0. The first-order valence-corrected chi connectivity index (χ1v) is 13.3. The number of hydrogen-bond acceptors (Lipinski definition) is 1. The lowest BCUT2D eigenvalue weighted by atomic mass is 9.53. The van der Waals surface area contributed by atoms with E-state index in [0.29, 0.717) is 6.85 Å². The van der Waals surface area contributed by atoms with Crippen LogP contribution in [0.2, 0.25) is 12.6 Å². The molecule has 0 amide bonds. The number of unbranched alkanes of at least 4 members (excludes halogenated alkanes) is 2. The monoisotopic (exact) mass is 466 g/mol. The number of nitrogens with one attached hydrogen (secondary N) is 1. The first kappa shape index (κ1) is 25.1. The molecule has 2 atom stereocenters. The number of aromatic amines is 1. The molecule has 0 spiro atoms. The highest BCUT2D eigenvalue weighted by Crippen LogP contribution is 2.36. The highest BCUT2D eigenvalue weighted by Gasteiger charge is 2.30.